The summed E-state index contributed by atoms with van der Waals surface area (Å²) < 4.78 is 5.24. The number of hydrogen-bond donors (Lipinski definition) is 0. The first kappa shape index (κ1) is 15.7. The van der Waals surface area contributed by atoms with Gasteiger partial charge in [-0.25, -0.2) is 4.79 Å². The number of benzene rings is 1. The topological polar surface area (TPSA) is 29.5 Å². The summed E-state index contributed by atoms with van der Waals surface area (Å²) in [6.45, 7) is 6.56. The number of rotatable bonds is 7. The first-order valence-electron chi connectivity index (χ1n) is 7.09. The lowest BCUT2D eigenvalue weighted by molar-refractivity contribution is -0.150. The van der Waals surface area contributed by atoms with E-state index < -0.39 is 0 Å². The Labute approximate surface area is 116 Å². The summed E-state index contributed by atoms with van der Waals surface area (Å²) in [5.74, 6) is -0.164. The lowest BCUT2D eigenvalue weighted by Crippen LogP contribution is -2.39. The molecule has 0 N–H and O–H groups in total. The molecule has 0 radical (unpaired) electrons. The first-order valence-corrected chi connectivity index (χ1v) is 7.09. The van der Waals surface area contributed by atoms with E-state index in [1.54, 1.807) is 0 Å². The normalized spacial score (nSPS) is 12.7. The maximum absolute atomic E-state index is 12.3. The molecule has 0 saturated carbocycles. The summed E-state index contributed by atoms with van der Waals surface area (Å²) >= 11 is 0. The lowest BCUT2D eigenvalue weighted by Gasteiger charge is -2.33. The van der Waals surface area contributed by atoms with Crippen LogP contribution >= 0.6 is 0 Å². The molecular weight excluding hydrogens is 238 g/mol. The Morgan fingerprint density at radius 1 is 1.16 bits per heavy atom. The molecule has 0 aliphatic heterocycles. The van der Waals surface area contributed by atoms with Crippen LogP contribution in [0, 0.1) is 0 Å². The van der Waals surface area contributed by atoms with E-state index in [4.69, 9.17) is 4.74 Å². The summed E-state index contributed by atoms with van der Waals surface area (Å²) in [6.07, 6.45) is 2.05. The van der Waals surface area contributed by atoms with Crippen molar-refractivity contribution in [1.82, 2.24) is 4.90 Å². The van der Waals surface area contributed by atoms with Gasteiger partial charge in [0.1, 0.15) is 6.04 Å². The van der Waals surface area contributed by atoms with Crippen molar-refractivity contribution in [3.8, 4) is 0 Å². The van der Waals surface area contributed by atoms with Crippen LogP contribution in [0.4, 0.5) is 0 Å². The second-order valence-corrected chi connectivity index (χ2v) is 4.70. The van der Waals surface area contributed by atoms with Crippen LogP contribution in [0.25, 0.3) is 0 Å². The minimum absolute atomic E-state index is 0.164. The fourth-order valence-corrected chi connectivity index (χ4v) is 2.47. The SMILES string of the molecule is CCOC(=O)C(c1ccccc1)N(C)C(CC)CC. The monoisotopic (exact) mass is 263 g/mol. The van der Waals surface area contributed by atoms with Gasteiger partial charge >= 0.3 is 5.97 Å². The maximum Gasteiger partial charge on any atom is 0.327 e. The van der Waals surface area contributed by atoms with Crippen molar-refractivity contribution < 1.29 is 9.53 Å². The fraction of sp³-hybridized carbons (Fsp3) is 0.562. The second-order valence-electron chi connectivity index (χ2n) is 4.70. The Morgan fingerprint density at radius 2 is 1.74 bits per heavy atom. The maximum atomic E-state index is 12.3. The molecule has 3 nitrogen and oxygen atoms in total. The predicted octanol–water partition coefficient (Wildman–Crippen LogP) is 3.41. The molecule has 0 spiro atoms. The summed E-state index contributed by atoms with van der Waals surface area (Å²) in [5, 5.41) is 0. The van der Waals surface area contributed by atoms with Crippen molar-refractivity contribution in [1.29, 1.82) is 0 Å². The number of carbonyl (C=O) groups is 1. The Hall–Kier alpha value is -1.35. The van der Waals surface area contributed by atoms with Crippen LogP contribution in [-0.4, -0.2) is 30.6 Å². The molecule has 106 valence electrons. The van der Waals surface area contributed by atoms with Crippen molar-refractivity contribution >= 4 is 5.97 Å². The number of hydrogen-bond acceptors (Lipinski definition) is 3. The van der Waals surface area contributed by atoms with E-state index in [-0.39, 0.29) is 12.0 Å². The van der Waals surface area contributed by atoms with Gasteiger partial charge in [-0.1, -0.05) is 44.2 Å². The highest BCUT2D eigenvalue weighted by Gasteiger charge is 2.29. The molecule has 1 rings (SSSR count). The van der Waals surface area contributed by atoms with E-state index in [1.165, 1.54) is 0 Å². The van der Waals surface area contributed by atoms with Gasteiger partial charge in [-0.3, -0.25) is 4.90 Å². The molecule has 19 heavy (non-hydrogen) atoms. The zero-order valence-electron chi connectivity index (χ0n) is 12.4. The molecule has 0 fully saturated rings. The highest BCUT2D eigenvalue weighted by molar-refractivity contribution is 5.77. The zero-order valence-corrected chi connectivity index (χ0v) is 12.4. The molecule has 1 atom stereocenters. The summed E-state index contributed by atoms with van der Waals surface area (Å²) in [5.41, 5.74) is 0.996. The van der Waals surface area contributed by atoms with Crippen LogP contribution in [0.1, 0.15) is 45.2 Å². The lowest BCUT2D eigenvalue weighted by atomic mass is 10.0. The summed E-state index contributed by atoms with van der Waals surface area (Å²) in [6, 6.07) is 9.93. The molecule has 1 aromatic rings. The van der Waals surface area contributed by atoms with Crippen LogP contribution in [0.5, 0.6) is 0 Å². The van der Waals surface area contributed by atoms with Gasteiger partial charge < -0.3 is 4.74 Å². The number of nitrogens with zero attached hydrogens (tertiary/aromatic N) is 1. The average Bonchev–Trinajstić information content (AvgIpc) is 2.42. The molecule has 0 amide bonds. The van der Waals surface area contributed by atoms with Gasteiger partial charge in [0.05, 0.1) is 6.61 Å². The average molecular weight is 263 g/mol. The molecule has 0 saturated heterocycles. The zero-order chi connectivity index (χ0) is 14.3. The van der Waals surface area contributed by atoms with Gasteiger partial charge in [-0.15, -0.1) is 0 Å². The Kier molecular flexibility index (Phi) is 6.57. The third kappa shape index (κ3) is 4.06. The largest absolute Gasteiger partial charge is 0.465 e. The molecule has 3 heteroatoms. The first-order chi connectivity index (χ1) is 9.15. The van der Waals surface area contributed by atoms with Crippen LogP contribution < -0.4 is 0 Å². The molecule has 1 aromatic carbocycles. The minimum Gasteiger partial charge on any atom is -0.465 e. The van der Waals surface area contributed by atoms with E-state index in [0.717, 1.165) is 18.4 Å². The van der Waals surface area contributed by atoms with Gasteiger partial charge in [-0.2, -0.15) is 0 Å². The van der Waals surface area contributed by atoms with E-state index in [9.17, 15) is 4.79 Å². The van der Waals surface area contributed by atoms with E-state index in [1.807, 2.05) is 44.3 Å². The predicted molar refractivity (Wildman–Crippen MR) is 77.9 cm³/mol. The Bertz CT molecular complexity index is 374. The van der Waals surface area contributed by atoms with Crippen LogP contribution in [-0.2, 0) is 9.53 Å². The van der Waals surface area contributed by atoms with E-state index in [2.05, 4.69) is 18.7 Å². The molecule has 1 unspecified atom stereocenters. The number of carbonyl (C=O) groups excluding carboxylic acids is 1. The minimum atomic E-state index is -0.314. The van der Waals surface area contributed by atoms with Crippen molar-refractivity contribution in [3.05, 3.63) is 35.9 Å². The van der Waals surface area contributed by atoms with Crippen molar-refractivity contribution in [2.75, 3.05) is 13.7 Å². The fourth-order valence-electron chi connectivity index (χ4n) is 2.47. The molecule has 0 aliphatic carbocycles. The number of ether oxygens (including phenoxy) is 1. The summed E-state index contributed by atoms with van der Waals surface area (Å²) in [4.78, 5) is 14.4. The number of likely N-dealkylation sites (N-methyl/N-ethyl adjacent to an activating group) is 1. The Morgan fingerprint density at radius 3 is 2.21 bits per heavy atom. The second kappa shape index (κ2) is 7.95. The van der Waals surface area contributed by atoms with Crippen LogP contribution in [0.15, 0.2) is 30.3 Å². The van der Waals surface area contributed by atoms with Gasteiger partial charge in [0.2, 0.25) is 0 Å². The standard InChI is InChI=1S/C16H25NO2/c1-5-14(6-2)17(4)15(16(18)19-7-3)13-11-9-8-10-12-13/h8-12,14-15H,5-7H2,1-4H3. The molecule has 0 aliphatic rings. The smallest absolute Gasteiger partial charge is 0.327 e. The van der Waals surface area contributed by atoms with Crippen molar-refractivity contribution in [2.45, 2.75) is 45.7 Å². The van der Waals surface area contributed by atoms with Crippen LogP contribution in [0.3, 0.4) is 0 Å². The molecule has 0 aromatic heterocycles. The highest BCUT2D eigenvalue weighted by Crippen LogP contribution is 2.25. The van der Waals surface area contributed by atoms with Crippen molar-refractivity contribution in [3.63, 3.8) is 0 Å². The Balaban J connectivity index is 3.02. The summed E-state index contributed by atoms with van der Waals surface area (Å²) in [7, 11) is 2.01. The van der Waals surface area contributed by atoms with E-state index >= 15 is 0 Å². The van der Waals surface area contributed by atoms with E-state index in [0.29, 0.717) is 12.6 Å². The third-order valence-electron chi connectivity index (χ3n) is 3.55. The molecule has 0 heterocycles. The third-order valence-corrected chi connectivity index (χ3v) is 3.55. The van der Waals surface area contributed by atoms with Gasteiger partial charge in [0, 0.05) is 6.04 Å². The number of esters is 1. The molecule has 0 bridgehead atoms. The quantitative estimate of drug-likeness (QED) is 0.706. The van der Waals surface area contributed by atoms with Crippen LogP contribution in [0.2, 0.25) is 0 Å². The van der Waals surface area contributed by atoms with Crippen molar-refractivity contribution in [2.24, 2.45) is 0 Å². The molecular formula is C16H25NO2. The van der Waals surface area contributed by atoms with Gasteiger partial charge in [0.25, 0.3) is 0 Å². The highest BCUT2D eigenvalue weighted by atomic mass is 16.5. The van der Waals surface area contributed by atoms with Gasteiger partial charge in [0.15, 0.2) is 0 Å². The van der Waals surface area contributed by atoms with Gasteiger partial charge in [-0.05, 0) is 32.4 Å².